The molecule has 0 N–H and O–H groups in total. The van der Waals surface area contributed by atoms with Gasteiger partial charge in [0.25, 0.3) is 0 Å². The molecule has 0 heterocycles. The first kappa shape index (κ1) is 15.3. The summed E-state index contributed by atoms with van der Waals surface area (Å²) in [5.41, 5.74) is 2.48. The number of benzene rings is 1. The molecule has 0 atom stereocenters. The Morgan fingerprint density at radius 2 is 1.53 bits per heavy atom. The third-order valence-electron chi connectivity index (χ3n) is 2.64. The van der Waals surface area contributed by atoms with Crippen molar-refractivity contribution in [3.8, 4) is 16.9 Å². The van der Waals surface area contributed by atoms with Crippen LogP contribution in [0, 0.1) is 0 Å². The van der Waals surface area contributed by atoms with Crippen molar-refractivity contribution in [3.63, 3.8) is 0 Å². The van der Waals surface area contributed by atoms with Crippen LogP contribution < -0.4 is 4.74 Å². The van der Waals surface area contributed by atoms with Crippen molar-refractivity contribution in [3.05, 3.63) is 78.9 Å². The minimum Gasteiger partial charge on any atom is -0.497 e. The van der Waals surface area contributed by atoms with Gasteiger partial charge >= 0.3 is 17.1 Å². The van der Waals surface area contributed by atoms with E-state index in [1.807, 2.05) is 54.6 Å². The van der Waals surface area contributed by atoms with Crippen LogP contribution >= 0.6 is 0 Å². The Kier molecular flexibility index (Phi) is 6.73. The molecule has 0 aromatic heterocycles. The third-order valence-corrected chi connectivity index (χ3v) is 2.64. The summed E-state index contributed by atoms with van der Waals surface area (Å²) in [5.74, 6) is 0.898. The van der Waals surface area contributed by atoms with Gasteiger partial charge in [0.05, 0.1) is 7.11 Å². The number of hydrogen-bond donors (Lipinski definition) is 0. The normalized spacial score (nSPS) is 8.89. The number of hydrogen-bond acceptors (Lipinski definition) is 1. The Bertz CT molecular complexity index is 504. The topological polar surface area (TPSA) is 9.23 Å². The predicted molar refractivity (Wildman–Crippen MR) is 76.1 cm³/mol. The molecule has 0 aliphatic carbocycles. The van der Waals surface area contributed by atoms with E-state index < -0.39 is 0 Å². The molecule has 0 unspecified atom stereocenters. The minimum absolute atomic E-state index is 0. The summed E-state index contributed by atoms with van der Waals surface area (Å²) in [7, 11) is 1.68. The predicted octanol–water partition coefficient (Wildman–Crippen LogP) is 4.48. The smallest absolute Gasteiger partial charge is 0.497 e. The number of methoxy groups -OCH3 is 1. The van der Waals surface area contributed by atoms with Gasteiger partial charge in [0, 0.05) is 0 Å². The fourth-order valence-corrected chi connectivity index (χ4v) is 1.67. The molecule has 0 spiro atoms. The molecule has 0 saturated carbocycles. The fourth-order valence-electron chi connectivity index (χ4n) is 1.67. The summed E-state index contributed by atoms with van der Waals surface area (Å²) < 4.78 is 5.09. The molecular weight excluding hydrogens is 276 g/mol. The molecule has 0 bridgehead atoms. The first-order valence-corrected chi connectivity index (χ1v) is 5.93. The molecule has 2 heteroatoms. The number of rotatable bonds is 2. The van der Waals surface area contributed by atoms with E-state index in [0.717, 1.165) is 5.75 Å². The standard InChI is InChI=1S/C12H11O.C5H5.Fe/c1-13-12-8-6-11(7-9-12)10-4-2-3-5-10;1-2-4-5-3-1;/h2-9H,1H3;1-5H;/q2*-1;+2. The van der Waals surface area contributed by atoms with Crippen LogP contribution in [0.3, 0.4) is 0 Å². The SMILES string of the molecule is COc1ccc(-c2ccc[cH-]2)cc1.[Fe+2].c1cc[cH-]c1. The molecule has 19 heavy (non-hydrogen) atoms. The van der Waals surface area contributed by atoms with E-state index in [9.17, 15) is 0 Å². The fraction of sp³-hybridized carbons (Fsp3) is 0.0588. The Hall–Kier alpha value is -1.76. The monoisotopic (exact) mass is 292 g/mol. The molecule has 0 fully saturated rings. The van der Waals surface area contributed by atoms with Gasteiger partial charge in [0.15, 0.2) is 0 Å². The van der Waals surface area contributed by atoms with Crippen LogP contribution in [-0.2, 0) is 17.1 Å². The Morgan fingerprint density at radius 3 is 1.95 bits per heavy atom. The van der Waals surface area contributed by atoms with Gasteiger partial charge < -0.3 is 4.74 Å². The third kappa shape index (κ3) is 4.78. The van der Waals surface area contributed by atoms with Crippen LogP contribution in [0.1, 0.15) is 0 Å². The molecule has 98 valence electrons. The van der Waals surface area contributed by atoms with Gasteiger partial charge in [-0.05, 0) is 12.1 Å². The molecule has 0 aliphatic heterocycles. The molecule has 0 saturated heterocycles. The Morgan fingerprint density at radius 1 is 0.842 bits per heavy atom. The van der Waals surface area contributed by atoms with E-state index in [-0.39, 0.29) is 17.1 Å². The second-order valence-electron chi connectivity index (χ2n) is 3.86. The van der Waals surface area contributed by atoms with Gasteiger partial charge in [-0.25, -0.2) is 12.1 Å². The summed E-state index contributed by atoms with van der Waals surface area (Å²) in [4.78, 5) is 0. The van der Waals surface area contributed by atoms with Crippen molar-refractivity contribution in [2.75, 3.05) is 7.11 Å². The van der Waals surface area contributed by atoms with Crippen LogP contribution in [0.25, 0.3) is 11.1 Å². The summed E-state index contributed by atoms with van der Waals surface area (Å²) in [5, 5.41) is 0. The minimum atomic E-state index is 0. The number of ether oxygens (including phenoxy) is 1. The average molecular weight is 292 g/mol. The summed E-state index contributed by atoms with van der Waals surface area (Å²) in [6.45, 7) is 0. The maximum atomic E-state index is 5.09. The molecule has 0 amide bonds. The molecule has 3 rings (SSSR count). The van der Waals surface area contributed by atoms with Crippen molar-refractivity contribution in [2.45, 2.75) is 0 Å². The van der Waals surface area contributed by atoms with Gasteiger partial charge in [-0.15, -0.1) is 6.07 Å². The van der Waals surface area contributed by atoms with Gasteiger partial charge in [-0.1, -0.05) is 17.7 Å². The summed E-state index contributed by atoms with van der Waals surface area (Å²) >= 11 is 0. The van der Waals surface area contributed by atoms with E-state index in [1.165, 1.54) is 11.1 Å². The van der Waals surface area contributed by atoms with Crippen molar-refractivity contribution >= 4 is 0 Å². The van der Waals surface area contributed by atoms with E-state index in [1.54, 1.807) is 7.11 Å². The van der Waals surface area contributed by atoms with Crippen LogP contribution in [0.5, 0.6) is 5.75 Å². The van der Waals surface area contributed by atoms with Crippen molar-refractivity contribution < 1.29 is 21.8 Å². The van der Waals surface area contributed by atoms with E-state index in [0.29, 0.717) is 0 Å². The average Bonchev–Trinajstić information content (AvgIpc) is 3.14. The van der Waals surface area contributed by atoms with Crippen LogP contribution in [0.15, 0.2) is 78.9 Å². The largest absolute Gasteiger partial charge is 2.00 e. The zero-order valence-corrected chi connectivity index (χ0v) is 11.9. The van der Waals surface area contributed by atoms with Gasteiger partial charge in [-0.3, -0.25) is 0 Å². The van der Waals surface area contributed by atoms with Crippen molar-refractivity contribution in [1.82, 2.24) is 0 Å². The van der Waals surface area contributed by atoms with Gasteiger partial charge in [-0.2, -0.15) is 42.0 Å². The first-order chi connectivity index (χ1) is 8.90. The van der Waals surface area contributed by atoms with Crippen LogP contribution in [0.2, 0.25) is 0 Å². The molecular formula is C17H16FeO. The van der Waals surface area contributed by atoms with Gasteiger partial charge in [0.2, 0.25) is 0 Å². The second kappa shape index (κ2) is 8.36. The quantitative estimate of drug-likeness (QED) is 0.499. The summed E-state index contributed by atoms with van der Waals surface area (Å²) in [6, 6.07) is 26.4. The Balaban J connectivity index is 0.000000256. The molecule has 0 aliphatic rings. The maximum Gasteiger partial charge on any atom is 2.00 e. The van der Waals surface area contributed by atoms with E-state index in [4.69, 9.17) is 4.74 Å². The first-order valence-electron chi connectivity index (χ1n) is 5.93. The second-order valence-corrected chi connectivity index (χ2v) is 3.86. The van der Waals surface area contributed by atoms with E-state index >= 15 is 0 Å². The molecule has 3 aromatic carbocycles. The zero-order valence-electron chi connectivity index (χ0n) is 10.8. The zero-order chi connectivity index (χ0) is 12.6. The molecule has 0 radical (unpaired) electrons. The van der Waals surface area contributed by atoms with Crippen LogP contribution in [0.4, 0.5) is 0 Å². The molecule has 1 nitrogen and oxygen atoms in total. The van der Waals surface area contributed by atoms with Gasteiger partial charge in [0.1, 0.15) is 5.75 Å². The van der Waals surface area contributed by atoms with Crippen LogP contribution in [-0.4, -0.2) is 7.11 Å². The summed E-state index contributed by atoms with van der Waals surface area (Å²) in [6.07, 6.45) is 0. The van der Waals surface area contributed by atoms with E-state index in [2.05, 4.69) is 24.3 Å². The molecule has 3 aromatic rings. The Labute approximate surface area is 125 Å². The van der Waals surface area contributed by atoms with Crippen molar-refractivity contribution in [1.29, 1.82) is 0 Å². The van der Waals surface area contributed by atoms with Crippen molar-refractivity contribution in [2.24, 2.45) is 0 Å². The maximum absolute atomic E-state index is 5.09.